The van der Waals surface area contributed by atoms with Gasteiger partial charge in [-0.2, -0.15) is 5.26 Å². The fourth-order valence-corrected chi connectivity index (χ4v) is 4.84. The number of benzene rings is 2. The molecular formula is C25H18ClN3O3S2. The molecule has 2 aromatic heterocycles. The van der Waals surface area contributed by atoms with E-state index in [1.807, 2.05) is 23.6 Å². The first-order chi connectivity index (χ1) is 16.5. The Hall–Kier alpha value is -3.64. The van der Waals surface area contributed by atoms with Crippen LogP contribution >= 0.6 is 34.3 Å². The van der Waals surface area contributed by atoms with Gasteiger partial charge < -0.3 is 14.8 Å². The molecule has 6 nitrogen and oxygen atoms in total. The van der Waals surface area contributed by atoms with Crippen LogP contribution in [0.3, 0.4) is 0 Å². The van der Waals surface area contributed by atoms with Gasteiger partial charge in [0.05, 0.1) is 24.7 Å². The van der Waals surface area contributed by atoms with Gasteiger partial charge in [0, 0.05) is 16.1 Å². The Balaban J connectivity index is 1.79. The van der Waals surface area contributed by atoms with Crippen LogP contribution in [0, 0.1) is 11.3 Å². The molecule has 2 heterocycles. The van der Waals surface area contributed by atoms with Crippen LogP contribution < -0.4 is 14.8 Å². The van der Waals surface area contributed by atoms with Crippen molar-refractivity contribution in [2.75, 3.05) is 19.5 Å². The van der Waals surface area contributed by atoms with Gasteiger partial charge in [-0.3, -0.25) is 4.79 Å². The zero-order valence-electron chi connectivity index (χ0n) is 18.2. The number of methoxy groups -OCH3 is 2. The average Bonchev–Trinajstić information content (AvgIpc) is 3.53. The van der Waals surface area contributed by atoms with Gasteiger partial charge in [0.25, 0.3) is 5.91 Å². The third-order valence-corrected chi connectivity index (χ3v) is 6.93. The number of nitrogens with zero attached hydrogens (tertiary/aromatic N) is 2. The molecule has 0 bridgehead atoms. The number of thiazole rings is 1. The van der Waals surface area contributed by atoms with Crippen molar-refractivity contribution in [3.8, 4) is 28.8 Å². The normalized spacial score (nSPS) is 11.1. The van der Waals surface area contributed by atoms with Gasteiger partial charge in [0.15, 0.2) is 0 Å². The number of rotatable bonds is 7. The first-order valence-corrected chi connectivity index (χ1v) is 12.1. The Labute approximate surface area is 209 Å². The molecule has 9 heteroatoms. The summed E-state index contributed by atoms with van der Waals surface area (Å²) in [7, 11) is 3.13. The largest absolute Gasteiger partial charge is 0.497 e. The van der Waals surface area contributed by atoms with Crippen LogP contribution in [0.25, 0.3) is 22.9 Å². The van der Waals surface area contributed by atoms with E-state index >= 15 is 0 Å². The summed E-state index contributed by atoms with van der Waals surface area (Å²) in [6.45, 7) is 0. The number of allylic oxidation sites excluding steroid dienone is 1. The van der Waals surface area contributed by atoms with Crippen LogP contribution in [-0.2, 0) is 0 Å². The number of amides is 1. The zero-order valence-corrected chi connectivity index (χ0v) is 20.6. The smallest absolute Gasteiger partial charge is 0.266 e. The van der Waals surface area contributed by atoms with E-state index in [-0.39, 0.29) is 5.91 Å². The number of carbonyl (C=O) groups is 1. The monoisotopic (exact) mass is 507 g/mol. The number of nitriles is 1. The molecule has 0 unspecified atom stereocenters. The van der Waals surface area contributed by atoms with Crippen LogP contribution in [0.15, 0.2) is 60.0 Å². The minimum Gasteiger partial charge on any atom is -0.497 e. The molecule has 0 aliphatic carbocycles. The van der Waals surface area contributed by atoms with Crippen molar-refractivity contribution in [1.29, 1.82) is 5.26 Å². The minimum atomic E-state index is -0.239. The molecule has 2 aromatic carbocycles. The maximum Gasteiger partial charge on any atom is 0.266 e. The first-order valence-electron chi connectivity index (χ1n) is 9.98. The summed E-state index contributed by atoms with van der Waals surface area (Å²) in [4.78, 5) is 18.0. The number of nitrogens with one attached hydrogen (secondary N) is 1. The highest BCUT2D eigenvalue weighted by Gasteiger charge is 2.19. The third kappa shape index (κ3) is 5.13. The van der Waals surface area contributed by atoms with Crippen LogP contribution in [0.5, 0.6) is 11.5 Å². The lowest BCUT2D eigenvalue weighted by Gasteiger charge is -2.07. The lowest BCUT2D eigenvalue weighted by atomic mass is 10.1. The van der Waals surface area contributed by atoms with Crippen molar-refractivity contribution in [2.45, 2.75) is 0 Å². The van der Waals surface area contributed by atoms with Crippen LogP contribution in [0.2, 0.25) is 5.02 Å². The molecule has 0 radical (unpaired) electrons. The fourth-order valence-electron chi connectivity index (χ4n) is 3.15. The Morgan fingerprint density at radius 3 is 2.59 bits per heavy atom. The molecule has 1 N–H and O–H groups in total. The molecule has 0 fully saturated rings. The number of halogens is 1. The molecule has 0 saturated carbocycles. The molecule has 1 amide bonds. The number of hydrogen-bond acceptors (Lipinski definition) is 7. The summed E-state index contributed by atoms with van der Waals surface area (Å²) in [5, 5.41) is 16.3. The topological polar surface area (TPSA) is 84.2 Å². The highest BCUT2D eigenvalue weighted by atomic mass is 35.5. The number of hydrogen-bond donors (Lipinski definition) is 1. The Morgan fingerprint density at radius 2 is 1.94 bits per heavy atom. The number of aromatic nitrogens is 1. The summed E-state index contributed by atoms with van der Waals surface area (Å²) < 4.78 is 10.7. The van der Waals surface area contributed by atoms with E-state index in [2.05, 4.69) is 11.4 Å². The molecule has 4 rings (SSSR count). The molecule has 4 aromatic rings. The van der Waals surface area contributed by atoms with Crippen molar-refractivity contribution in [1.82, 2.24) is 4.98 Å². The van der Waals surface area contributed by atoms with Crippen molar-refractivity contribution < 1.29 is 14.3 Å². The maximum atomic E-state index is 12.8. The van der Waals surface area contributed by atoms with Gasteiger partial charge in [0.1, 0.15) is 33.3 Å². The second kappa shape index (κ2) is 10.5. The van der Waals surface area contributed by atoms with Crippen LogP contribution in [0.4, 0.5) is 5.00 Å². The van der Waals surface area contributed by atoms with Crippen molar-refractivity contribution in [3.05, 3.63) is 80.4 Å². The summed E-state index contributed by atoms with van der Waals surface area (Å²) in [6.07, 6.45) is 1.69. The first kappa shape index (κ1) is 23.5. The average molecular weight is 508 g/mol. The summed E-state index contributed by atoms with van der Waals surface area (Å²) in [5.74, 6) is 0.987. The Morgan fingerprint density at radius 1 is 1.15 bits per heavy atom. The summed E-state index contributed by atoms with van der Waals surface area (Å²) >= 11 is 8.62. The Kier molecular flexibility index (Phi) is 7.28. The van der Waals surface area contributed by atoms with Crippen molar-refractivity contribution >= 4 is 56.8 Å². The van der Waals surface area contributed by atoms with Gasteiger partial charge in [0.2, 0.25) is 0 Å². The van der Waals surface area contributed by atoms with E-state index in [1.54, 1.807) is 56.7 Å². The number of thiophene rings is 1. The SMILES string of the molecule is COc1ccc(OC)c(C=C(C#N)c2nc(-c3ccc(Cl)cc3)c(NC(=O)c3cccs3)s2)c1. The number of anilines is 1. The number of ether oxygens (including phenoxy) is 2. The minimum absolute atomic E-state index is 0.239. The zero-order chi connectivity index (χ0) is 24.1. The van der Waals surface area contributed by atoms with E-state index in [0.29, 0.717) is 48.2 Å². The van der Waals surface area contributed by atoms with Gasteiger partial charge >= 0.3 is 0 Å². The summed E-state index contributed by atoms with van der Waals surface area (Å²) in [5.41, 5.74) is 2.32. The highest BCUT2D eigenvalue weighted by Crippen LogP contribution is 2.38. The van der Waals surface area contributed by atoms with Gasteiger partial charge in [-0.1, -0.05) is 41.1 Å². The molecule has 0 aliphatic rings. The lowest BCUT2D eigenvalue weighted by Crippen LogP contribution is -2.09. The molecule has 0 saturated heterocycles. The quantitative estimate of drug-likeness (QED) is 0.276. The van der Waals surface area contributed by atoms with E-state index < -0.39 is 0 Å². The van der Waals surface area contributed by atoms with E-state index in [0.717, 1.165) is 5.56 Å². The van der Waals surface area contributed by atoms with E-state index in [1.165, 1.54) is 22.7 Å². The molecule has 0 aliphatic heterocycles. The second-order valence-electron chi connectivity index (χ2n) is 6.91. The number of carbonyl (C=O) groups excluding carboxylic acids is 1. The van der Waals surface area contributed by atoms with Gasteiger partial charge in [-0.25, -0.2) is 4.98 Å². The highest BCUT2D eigenvalue weighted by molar-refractivity contribution is 7.18. The molecule has 0 atom stereocenters. The Bertz CT molecular complexity index is 1390. The van der Waals surface area contributed by atoms with Gasteiger partial charge in [-0.15, -0.1) is 11.3 Å². The van der Waals surface area contributed by atoms with Crippen molar-refractivity contribution in [2.24, 2.45) is 0 Å². The maximum absolute atomic E-state index is 12.8. The predicted molar refractivity (Wildman–Crippen MR) is 138 cm³/mol. The van der Waals surface area contributed by atoms with E-state index in [9.17, 15) is 10.1 Å². The lowest BCUT2D eigenvalue weighted by molar-refractivity contribution is 0.103. The van der Waals surface area contributed by atoms with Crippen molar-refractivity contribution in [3.63, 3.8) is 0 Å². The molecule has 170 valence electrons. The molecule has 0 spiro atoms. The molecular weight excluding hydrogens is 490 g/mol. The summed E-state index contributed by atoms with van der Waals surface area (Å²) in [6, 6.07) is 18.3. The van der Waals surface area contributed by atoms with Crippen LogP contribution in [0.1, 0.15) is 20.2 Å². The standard InChI is InChI=1S/C25H18ClN3O3S2/c1-31-19-9-10-20(32-2)16(13-19)12-17(14-27)24-28-22(15-5-7-18(26)8-6-15)25(34-24)29-23(30)21-4-3-11-33-21/h3-13H,1-2H3,(H,29,30). The predicted octanol–water partition coefficient (Wildman–Crippen LogP) is 6.86. The van der Waals surface area contributed by atoms with E-state index in [4.69, 9.17) is 26.1 Å². The van der Waals surface area contributed by atoms with Crippen LogP contribution in [-0.4, -0.2) is 25.1 Å². The van der Waals surface area contributed by atoms with Gasteiger partial charge in [-0.05, 0) is 47.9 Å². The second-order valence-corrected chi connectivity index (χ2v) is 9.30. The molecule has 34 heavy (non-hydrogen) atoms. The fraction of sp³-hybridized carbons (Fsp3) is 0.0800. The third-order valence-electron chi connectivity index (χ3n) is 4.80.